The quantitative estimate of drug-likeness (QED) is 0.0840. The first kappa shape index (κ1) is 30.7. The molecule has 1 saturated heterocycles. The Morgan fingerprint density at radius 3 is 2.62 bits per heavy atom. The number of nitrogens with two attached hydrogens (primary N) is 2. The first-order chi connectivity index (χ1) is 19.2. The van der Waals surface area contributed by atoms with Crippen molar-refractivity contribution >= 4 is 40.9 Å². The van der Waals surface area contributed by atoms with Gasteiger partial charge in [0.1, 0.15) is 6.04 Å². The summed E-state index contributed by atoms with van der Waals surface area (Å²) in [6, 6.07) is 7.51. The Kier molecular flexibility index (Phi) is 11.6. The van der Waals surface area contributed by atoms with Crippen molar-refractivity contribution in [1.82, 2.24) is 20.5 Å². The third kappa shape index (κ3) is 8.33. The monoisotopic (exact) mass is 571 g/mol. The molecule has 0 saturated carbocycles. The Morgan fingerprint density at radius 2 is 1.95 bits per heavy atom. The smallest absolute Gasteiger partial charge is 0.357 e. The molecule has 1 aliphatic heterocycles. The molecule has 3 atom stereocenters. The molecule has 2 heterocycles. The molecule has 2 amide bonds. The summed E-state index contributed by atoms with van der Waals surface area (Å²) < 4.78 is 4.96. The van der Waals surface area contributed by atoms with Gasteiger partial charge in [-0.3, -0.25) is 19.4 Å². The summed E-state index contributed by atoms with van der Waals surface area (Å²) in [5, 5.41) is 7.44. The molecule has 1 aromatic heterocycles. The largest absolute Gasteiger partial charge is 0.461 e. The van der Waals surface area contributed by atoms with Crippen LogP contribution < -0.4 is 22.1 Å². The fourth-order valence-electron chi connectivity index (χ4n) is 4.54. The number of benzene rings is 1. The third-order valence-electron chi connectivity index (χ3n) is 6.55. The Hall–Kier alpha value is -3.84. The number of ketones is 1. The van der Waals surface area contributed by atoms with Gasteiger partial charge in [0.05, 0.1) is 18.7 Å². The number of thiazole rings is 1. The van der Waals surface area contributed by atoms with Crippen molar-refractivity contribution in [2.75, 3.05) is 26.7 Å². The maximum absolute atomic E-state index is 13.5. The van der Waals surface area contributed by atoms with Crippen LogP contribution in [0, 0.1) is 0 Å². The van der Waals surface area contributed by atoms with E-state index < -0.39 is 35.8 Å². The minimum atomic E-state index is -0.940. The van der Waals surface area contributed by atoms with Gasteiger partial charge in [-0.15, -0.1) is 11.3 Å². The van der Waals surface area contributed by atoms with E-state index in [1.54, 1.807) is 18.9 Å². The van der Waals surface area contributed by atoms with Crippen molar-refractivity contribution in [1.29, 1.82) is 0 Å². The van der Waals surface area contributed by atoms with E-state index >= 15 is 0 Å². The van der Waals surface area contributed by atoms with Gasteiger partial charge in [0, 0.05) is 18.5 Å². The van der Waals surface area contributed by atoms with E-state index in [9.17, 15) is 19.2 Å². The average Bonchev–Trinajstić information content (AvgIpc) is 3.64. The van der Waals surface area contributed by atoms with Gasteiger partial charge in [-0.05, 0) is 51.6 Å². The van der Waals surface area contributed by atoms with Crippen LogP contribution in [0.4, 0.5) is 0 Å². The Balaban J connectivity index is 1.73. The number of ether oxygens (including phenoxy) is 1. The highest BCUT2D eigenvalue weighted by atomic mass is 32.1. The van der Waals surface area contributed by atoms with Crippen LogP contribution >= 0.6 is 11.3 Å². The first-order valence-corrected chi connectivity index (χ1v) is 14.2. The van der Waals surface area contributed by atoms with Crippen LogP contribution in [0.5, 0.6) is 0 Å². The van der Waals surface area contributed by atoms with Crippen molar-refractivity contribution in [3.05, 3.63) is 52.0 Å². The zero-order chi connectivity index (χ0) is 29.1. The van der Waals surface area contributed by atoms with E-state index in [-0.39, 0.29) is 42.1 Å². The number of aromatic nitrogens is 1. The zero-order valence-electron chi connectivity index (χ0n) is 22.8. The number of nitrogens with zero attached hydrogens (tertiary/aromatic N) is 3. The van der Waals surface area contributed by atoms with Gasteiger partial charge in [-0.25, -0.2) is 9.78 Å². The number of aliphatic imine (C=N–C) groups is 1. The molecule has 216 valence electrons. The van der Waals surface area contributed by atoms with Crippen LogP contribution in [0.1, 0.15) is 58.5 Å². The lowest BCUT2D eigenvalue weighted by Gasteiger charge is -2.29. The highest BCUT2D eigenvalue weighted by Gasteiger charge is 2.38. The van der Waals surface area contributed by atoms with Crippen LogP contribution in [-0.4, -0.2) is 84.3 Å². The number of Topliss-reactive ketones (excluding diaryl/α,β-unsaturated/α-hetero) is 1. The lowest BCUT2D eigenvalue weighted by atomic mass is 10.0. The van der Waals surface area contributed by atoms with Crippen molar-refractivity contribution in [3.8, 4) is 0 Å². The summed E-state index contributed by atoms with van der Waals surface area (Å²) >= 11 is 1.00. The van der Waals surface area contributed by atoms with Gasteiger partial charge >= 0.3 is 5.97 Å². The number of carbonyl (C=O) groups excluding carboxylic acids is 4. The molecule has 1 aromatic carbocycles. The number of hydrogen-bond donors (Lipinski definition) is 4. The minimum Gasteiger partial charge on any atom is -0.461 e. The van der Waals surface area contributed by atoms with E-state index in [0.29, 0.717) is 32.2 Å². The summed E-state index contributed by atoms with van der Waals surface area (Å²) in [5.74, 6) is -1.71. The zero-order valence-corrected chi connectivity index (χ0v) is 23.6. The summed E-state index contributed by atoms with van der Waals surface area (Å²) in [7, 11) is 1.72. The second kappa shape index (κ2) is 15.1. The topological polar surface area (TPSA) is 182 Å². The predicted molar refractivity (Wildman–Crippen MR) is 152 cm³/mol. The van der Waals surface area contributed by atoms with Crippen molar-refractivity contribution in [2.24, 2.45) is 16.5 Å². The Morgan fingerprint density at radius 1 is 1.20 bits per heavy atom. The molecule has 0 aliphatic carbocycles. The normalized spacial score (nSPS) is 16.1. The van der Waals surface area contributed by atoms with Gasteiger partial charge in [0.2, 0.25) is 17.6 Å². The molecule has 2 aromatic rings. The van der Waals surface area contributed by atoms with E-state index in [1.165, 1.54) is 5.38 Å². The van der Waals surface area contributed by atoms with Crippen LogP contribution in [0.3, 0.4) is 0 Å². The van der Waals surface area contributed by atoms with Crippen molar-refractivity contribution in [2.45, 2.75) is 57.2 Å². The lowest BCUT2D eigenvalue weighted by Crippen LogP contribution is -2.54. The highest BCUT2D eigenvalue weighted by Crippen LogP contribution is 2.21. The maximum atomic E-state index is 13.5. The Bertz CT molecular complexity index is 1200. The minimum absolute atomic E-state index is 0.0323. The number of hydrogen-bond acceptors (Lipinski definition) is 9. The molecule has 40 heavy (non-hydrogen) atoms. The molecule has 12 nitrogen and oxygen atoms in total. The molecule has 0 radical (unpaired) electrons. The molecule has 1 aliphatic rings. The lowest BCUT2D eigenvalue weighted by molar-refractivity contribution is -0.140. The van der Waals surface area contributed by atoms with Gasteiger partial charge in [-0.2, -0.15) is 0 Å². The predicted octanol–water partition coefficient (Wildman–Crippen LogP) is 0.863. The number of carbonyl (C=O) groups is 4. The van der Waals surface area contributed by atoms with E-state index in [2.05, 4.69) is 20.6 Å². The first-order valence-electron chi connectivity index (χ1n) is 13.3. The van der Waals surface area contributed by atoms with Crippen LogP contribution in [-0.2, 0) is 20.7 Å². The molecular weight excluding hydrogens is 534 g/mol. The number of guanidine groups is 1. The Labute approximate surface area is 237 Å². The summed E-state index contributed by atoms with van der Waals surface area (Å²) in [6.45, 7) is 2.57. The summed E-state index contributed by atoms with van der Waals surface area (Å²) in [6.07, 6.45) is 2.29. The molecular formula is C27H37N7O5S. The number of amides is 2. The standard InChI is InChI=1S/C27H37N7O5S/c1-3-39-26(38)20-16-40-24(33-20)22(35)18(11-7-13-31-27(28)29)32-23(36)21-12-8-14-34(21)25(37)19(30-2)15-17-9-5-4-6-10-17/h4-6,9-10,16,18-19,21,30H,3,7-8,11-15H2,1-2H3,(H,32,36)(H4,28,29,31)/t18-,19+,21-/m0/s1. The third-order valence-corrected chi connectivity index (χ3v) is 7.40. The molecule has 6 N–H and O–H groups in total. The molecule has 0 spiro atoms. The number of nitrogens with one attached hydrogen (secondary N) is 2. The maximum Gasteiger partial charge on any atom is 0.357 e. The van der Waals surface area contributed by atoms with Gasteiger partial charge in [0.15, 0.2) is 16.7 Å². The second-order valence-corrected chi connectivity index (χ2v) is 10.2. The van der Waals surface area contributed by atoms with E-state index in [0.717, 1.165) is 16.9 Å². The molecule has 0 unspecified atom stereocenters. The van der Waals surface area contributed by atoms with E-state index in [1.807, 2.05) is 30.3 Å². The fourth-order valence-corrected chi connectivity index (χ4v) is 5.32. The number of likely N-dealkylation sites (tertiary alicyclic amines) is 1. The van der Waals surface area contributed by atoms with Crippen LogP contribution in [0.15, 0.2) is 40.7 Å². The van der Waals surface area contributed by atoms with Crippen molar-refractivity contribution < 1.29 is 23.9 Å². The number of likely N-dealkylation sites (N-methyl/N-ethyl adjacent to an activating group) is 1. The SMILES string of the molecule is CCOC(=O)c1csc(C(=O)[C@H](CCCN=C(N)N)NC(=O)[C@@H]2CCCN2C(=O)[C@@H](Cc2ccccc2)NC)n1. The molecule has 0 bridgehead atoms. The molecule has 13 heteroatoms. The van der Waals surface area contributed by atoms with Gasteiger partial charge in [-0.1, -0.05) is 30.3 Å². The molecule has 3 rings (SSSR count). The number of rotatable bonds is 14. The van der Waals surface area contributed by atoms with Crippen LogP contribution in [0.25, 0.3) is 0 Å². The van der Waals surface area contributed by atoms with Crippen LogP contribution in [0.2, 0.25) is 0 Å². The van der Waals surface area contributed by atoms with Gasteiger partial charge in [0.25, 0.3) is 0 Å². The summed E-state index contributed by atoms with van der Waals surface area (Å²) in [4.78, 5) is 62.0. The van der Waals surface area contributed by atoms with Gasteiger partial charge < -0.3 is 31.7 Å². The van der Waals surface area contributed by atoms with Crippen molar-refractivity contribution in [3.63, 3.8) is 0 Å². The average molecular weight is 572 g/mol. The second-order valence-electron chi connectivity index (χ2n) is 9.35. The summed E-state index contributed by atoms with van der Waals surface area (Å²) in [5.41, 5.74) is 11.8. The fraction of sp³-hybridized carbons (Fsp3) is 0.481. The van der Waals surface area contributed by atoms with E-state index in [4.69, 9.17) is 16.2 Å². The molecule has 1 fully saturated rings. The number of esters is 1. The highest BCUT2D eigenvalue weighted by molar-refractivity contribution is 7.12.